The minimum Gasteiger partial charge on any atom is -0.491 e. The molecule has 1 aromatic carbocycles. The third kappa shape index (κ3) is 4.42. The van der Waals surface area contributed by atoms with Crippen molar-refractivity contribution in [2.24, 2.45) is 5.92 Å². The maximum absolute atomic E-state index is 10.8. The van der Waals surface area contributed by atoms with E-state index in [1.54, 1.807) is 12.1 Å². The summed E-state index contributed by atoms with van der Waals surface area (Å²) in [6.45, 7) is 3.02. The number of hydrogen-bond acceptors (Lipinski definition) is 5. The van der Waals surface area contributed by atoms with Crippen LogP contribution in [0, 0.1) is 16.0 Å². The zero-order valence-electron chi connectivity index (χ0n) is 13.4. The molecule has 2 atom stereocenters. The van der Waals surface area contributed by atoms with E-state index in [-0.39, 0.29) is 12.3 Å². The zero-order chi connectivity index (χ0) is 16.4. The van der Waals surface area contributed by atoms with Gasteiger partial charge in [0.15, 0.2) is 0 Å². The van der Waals surface area contributed by atoms with Crippen molar-refractivity contribution in [2.75, 3.05) is 13.2 Å². The smallest absolute Gasteiger partial charge is 0.273 e. The Morgan fingerprint density at radius 2 is 2.13 bits per heavy atom. The van der Waals surface area contributed by atoms with Crippen LogP contribution in [0.4, 0.5) is 5.69 Å². The maximum Gasteiger partial charge on any atom is 0.273 e. The van der Waals surface area contributed by atoms with Crippen molar-refractivity contribution in [3.05, 3.63) is 34.4 Å². The highest BCUT2D eigenvalue weighted by Gasteiger charge is 2.39. The first-order valence-electron chi connectivity index (χ1n) is 8.35. The average molecular weight is 320 g/mol. The largest absolute Gasteiger partial charge is 0.491 e. The number of benzene rings is 1. The Balaban J connectivity index is 1.51. The normalized spacial score (nSPS) is 20.3. The van der Waals surface area contributed by atoms with Crippen LogP contribution in [0.2, 0.25) is 0 Å². The Bertz CT molecular complexity index is 557. The number of non-ortho nitro benzene ring substituents is 1. The third-order valence-corrected chi connectivity index (χ3v) is 4.74. The van der Waals surface area contributed by atoms with Crippen LogP contribution in [0.3, 0.4) is 0 Å². The SMILES string of the molecule is CC(C1CC1)N(CC(O)COc1cccc([N+](=O)[O-])c1)C1CC1. The number of aliphatic hydroxyl groups excluding tert-OH is 1. The molecule has 1 N–H and O–H groups in total. The standard InChI is InChI=1S/C17H24N2O4/c1-12(13-5-6-13)18(14-7-8-14)10-16(20)11-23-17-4-2-3-15(9-17)19(21)22/h2-4,9,12-14,16,20H,5-8,10-11H2,1H3. The van der Waals surface area contributed by atoms with Gasteiger partial charge in [0.2, 0.25) is 0 Å². The molecule has 1 aromatic rings. The highest BCUT2D eigenvalue weighted by molar-refractivity contribution is 5.37. The summed E-state index contributed by atoms with van der Waals surface area (Å²) < 4.78 is 5.53. The van der Waals surface area contributed by atoms with Gasteiger partial charge in [-0.15, -0.1) is 0 Å². The van der Waals surface area contributed by atoms with Gasteiger partial charge in [0.25, 0.3) is 5.69 Å². The van der Waals surface area contributed by atoms with E-state index in [1.807, 2.05) is 0 Å². The van der Waals surface area contributed by atoms with E-state index in [1.165, 1.54) is 37.8 Å². The minimum absolute atomic E-state index is 0.000970. The lowest BCUT2D eigenvalue weighted by Crippen LogP contribution is -2.43. The first-order valence-corrected chi connectivity index (χ1v) is 8.35. The minimum atomic E-state index is -0.587. The van der Waals surface area contributed by atoms with Gasteiger partial charge in [0.1, 0.15) is 18.5 Å². The predicted molar refractivity (Wildman–Crippen MR) is 86.5 cm³/mol. The van der Waals surface area contributed by atoms with Crippen molar-refractivity contribution < 1.29 is 14.8 Å². The molecule has 0 saturated heterocycles. The molecule has 2 fully saturated rings. The van der Waals surface area contributed by atoms with Crippen molar-refractivity contribution in [3.63, 3.8) is 0 Å². The van der Waals surface area contributed by atoms with Gasteiger partial charge in [-0.1, -0.05) is 6.07 Å². The third-order valence-electron chi connectivity index (χ3n) is 4.74. The van der Waals surface area contributed by atoms with Crippen molar-refractivity contribution in [1.29, 1.82) is 0 Å². The van der Waals surface area contributed by atoms with Gasteiger partial charge in [-0.2, -0.15) is 0 Å². The second kappa shape index (κ2) is 6.84. The van der Waals surface area contributed by atoms with Gasteiger partial charge >= 0.3 is 0 Å². The van der Waals surface area contributed by atoms with Crippen molar-refractivity contribution in [2.45, 2.75) is 50.8 Å². The van der Waals surface area contributed by atoms with Gasteiger partial charge < -0.3 is 9.84 Å². The molecule has 6 nitrogen and oxygen atoms in total. The Morgan fingerprint density at radius 3 is 2.74 bits per heavy atom. The quantitative estimate of drug-likeness (QED) is 0.559. The van der Waals surface area contributed by atoms with Crippen LogP contribution in [0.1, 0.15) is 32.6 Å². The summed E-state index contributed by atoms with van der Waals surface area (Å²) in [4.78, 5) is 12.7. The van der Waals surface area contributed by atoms with Gasteiger partial charge in [-0.25, -0.2) is 0 Å². The van der Waals surface area contributed by atoms with E-state index in [2.05, 4.69) is 11.8 Å². The summed E-state index contributed by atoms with van der Waals surface area (Å²) in [5.74, 6) is 1.20. The fraction of sp³-hybridized carbons (Fsp3) is 0.647. The number of nitrogens with zero attached hydrogens (tertiary/aromatic N) is 2. The molecular formula is C17H24N2O4. The van der Waals surface area contributed by atoms with Crippen molar-refractivity contribution >= 4 is 5.69 Å². The molecule has 23 heavy (non-hydrogen) atoms. The van der Waals surface area contributed by atoms with Crippen LogP contribution < -0.4 is 4.74 Å². The molecule has 2 saturated carbocycles. The lowest BCUT2D eigenvalue weighted by Gasteiger charge is -2.31. The van der Waals surface area contributed by atoms with E-state index in [4.69, 9.17) is 4.74 Å². The molecule has 2 aliphatic rings. The van der Waals surface area contributed by atoms with E-state index < -0.39 is 11.0 Å². The summed E-state index contributed by atoms with van der Waals surface area (Å²) in [5.41, 5.74) is -0.000970. The number of nitro benzene ring substituents is 1. The summed E-state index contributed by atoms with van der Waals surface area (Å²) in [6, 6.07) is 7.21. The Hall–Kier alpha value is -1.66. The highest BCUT2D eigenvalue weighted by Crippen LogP contribution is 2.39. The molecule has 0 heterocycles. The molecule has 0 spiro atoms. The van der Waals surface area contributed by atoms with Crippen molar-refractivity contribution in [3.8, 4) is 5.75 Å². The lowest BCUT2D eigenvalue weighted by atomic mass is 10.1. The van der Waals surface area contributed by atoms with Gasteiger partial charge in [-0.3, -0.25) is 15.0 Å². The van der Waals surface area contributed by atoms with Gasteiger partial charge in [0.05, 0.1) is 11.0 Å². The first-order chi connectivity index (χ1) is 11.0. The molecule has 3 rings (SSSR count). The maximum atomic E-state index is 10.8. The van der Waals surface area contributed by atoms with Crippen LogP contribution in [-0.2, 0) is 0 Å². The first kappa shape index (κ1) is 16.2. The summed E-state index contributed by atoms with van der Waals surface area (Å²) in [6.07, 6.45) is 4.44. The van der Waals surface area contributed by atoms with Crippen LogP contribution >= 0.6 is 0 Å². The molecule has 0 aliphatic heterocycles. The number of rotatable bonds is 9. The van der Waals surface area contributed by atoms with Crippen molar-refractivity contribution in [1.82, 2.24) is 4.90 Å². The molecular weight excluding hydrogens is 296 g/mol. The Kier molecular flexibility index (Phi) is 4.82. The number of nitro groups is 1. The molecule has 0 aromatic heterocycles. The van der Waals surface area contributed by atoms with E-state index >= 15 is 0 Å². The molecule has 2 unspecified atom stereocenters. The highest BCUT2D eigenvalue weighted by atomic mass is 16.6. The molecule has 0 radical (unpaired) electrons. The summed E-state index contributed by atoms with van der Waals surface area (Å²) >= 11 is 0. The lowest BCUT2D eigenvalue weighted by molar-refractivity contribution is -0.384. The fourth-order valence-electron chi connectivity index (χ4n) is 3.08. The molecule has 0 amide bonds. The second-order valence-corrected chi connectivity index (χ2v) is 6.73. The van der Waals surface area contributed by atoms with Crippen LogP contribution in [0.25, 0.3) is 0 Å². The predicted octanol–water partition coefficient (Wildman–Crippen LogP) is 2.60. The average Bonchev–Trinajstić information content (AvgIpc) is 3.41. The van der Waals surface area contributed by atoms with Crippen LogP contribution in [0.15, 0.2) is 24.3 Å². The Morgan fingerprint density at radius 1 is 1.39 bits per heavy atom. The topological polar surface area (TPSA) is 75.8 Å². The Labute approximate surface area is 136 Å². The molecule has 126 valence electrons. The van der Waals surface area contributed by atoms with Crippen LogP contribution in [-0.4, -0.2) is 46.3 Å². The molecule has 6 heteroatoms. The van der Waals surface area contributed by atoms with Gasteiger partial charge in [-0.05, 0) is 44.6 Å². The number of ether oxygens (including phenoxy) is 1. The monoisotopic (exact) mass is 320 g/mol. The van der Waals surface area contributed by atoms with Gasteiger partial charge in [0, 0.05) is 24.7 Å². The number of hydrogen-bond donors (Lipinski definition) is 1. The summed E-state index contributed by atoms with van der Waals surface area (Å²) in [7, 11) is 0. The second-order valence-electron chi connectivity index (χ2n) is 6.73. The number of aliphatic hydroxyl groups is 1. The zero-order valence-corrected chi connectivity index (χ0v) is 13.4. The fourth-order valence-corrected chi connectivity index (χ4v) is 3.08. The van der Waals surface area contributed by atoms with E-state index in [0.29, 0.717) is 24.4 Å². The molecule has 2 aliphatic carbocycles. The van der Waals surface area contributed by atoms with E-state index in [9.17, 15) is 15.2 Å². The van der Waals surface area contributed by atoms with E-state index in [0.717, 1.165) is 5.92 Å². The van der Waals surface area contributed by atoms with Crippen LogP contribution in [0.5, 0.6) is 5.75 Å². The summed E-state index contributed by atoms with van der Waals surface area (Å²) in [5, 5.41) is 21.0. The molecule has 0 bridgehead atoms.